The summed E-state index contributed by atoms with van der Waals surface area (Å²) in [5, 5.41) is 0. The molecular formula is C11H25N. The van der Waals surface area contributed by atoms with Gasteiger partial charge in [0, 0.05) is 5.54 Å². The van der Waals surface area contributed by atoms with Crippen LogP contribution in [0, 0.1) is 5.92 Å². The molecule has 1 heteroatoms. The SMILES string of the molecule is CCCCCC(N)(CC)C(C)C. The molecule has 0 bridgehead atoms. The van der Waals surface area contributed by atoms with Gasteiger partial charge in [0.05, 0.1) is 0 Å². The summed E-state index contributed by atoms with van der Waals surface area (Å²) >= 11 is 0. The van der Waals surface area contributed by atoms with Gasteiger partial charge < -0.3 is 5.73 Å². The molecule has 0 aromatic rings. The first-order chi connectivity index (χ1) is 5.56. The summed E-state index contributed by atoms with van der Waals surface area (Å²) in [5.74, 6) is 0.611. The molecule has 1 atom stereocenters. The second kappa shape index (κ2) is 5.58. The van der Waals surface area contributed by atoms with Crippen molar-refractivity contribution in [1.82, 2.24) is 0 Å². The van der Waals surface area contributed by atoms with Crippen molar-refractivity contribution in [2.75, 3.05) is 0 Å². The average Bonchev–Trinajstić information content (AvgIpc) is 2.04. The number of rotatable bonds is 6. The van der Waals surface area contributed by atoms with Gasteiger partial charge in [-0.2, -0.15) is 0 Å². The molecule has 0 aliphatic carbocycles. The van der Waals surface area contributed by atoms with E-state index in [1.165, 1.54) is 25.7 Å². The highest BCUT2D eigenvalue weighted by Crippen LogP contribution is 2.24. The Labute approximate surface area is 77.7 Å². The third-order valence-corrected chi connectivity index (χ3v) is 3.05. The number of hydrogen-bond acceptors (Lipinski definition) is 1. The fourth-order valence-corrected chi connectivity index (χ4v) is 1.58. The highest BCUT2D eigenvalue weighted by Gasteiger charge is 2.25. The number of nitrogens with two attached hydrogens (primary N) is 1. The third kappa shape index (κ3) is 3.57. The molecule has 1 nitrogen and oxygen atoms in total. The van der Waals surface area contributed by atoms with Gasteiger partial charge in [-0.15, -0.1) is 0 Å². The lowest BCUT2D eigenvalue weighted by molar-refractivity contribution is 0.269. The molecule has 0 spiro atoms. The fourth-order valence-electron chi connectivity index (χ4n) is 1.58. The van der Waals surface area contributed by atoms with Crippen molar-refractivity contribution in [3.63, 3.8) is 0 Å². The Morgan fingerprint density at radius 1 is 1.17 bits per heavy atom. The van der Waals surface area contributed by atoms with Crippen LogP contribution in [0.5, 0.6) is 0 Å². The molecule has 1 unspecified atom stereocenters. The predicted octanol–water partition coefficient (Wildman–Crippen LogP) is 3.33. The maximum absolute atomic E-state index is 6.28. The van der Waals surface area contributed by atoms with Crippen molar-refractivity contribution in [2.24, 2.45) is 11.7 Å². The molecule has 0 saturated carbocycles. The fraction of sp³-hybridized carbons (Fsp3) is 1.00. The van der Waals surface area contributed by atoms with Gasteiger partial charge >= 0.3 is 0 Å². The molecular weight excluding hydrogens is 146 g/mol. The summed E-state index contributed by atoms with van der Waals surface area (Å²) < 4.78 is 0. The van der Waals surface area contributed by atoms with Crippen LogP contribution in [0.25, 0.3) is 0 Å². The molecule has 12 heavy (non-hydrogen) atoms. The van der Waals surface area contributed by atoms with Crippen LogP contribution in [0.1, 0.15) is 59.8 Å². The van der Waals surface area contributed by atoms with Crippen LogP contribution in [-0.4, -0.2) is 5.54 Å². The summed E-state index contributed by atoms with van der Waals surface area (Å²) in [6, 6.07) is 0. The monoisotopic (exact) mass is 171 g/mol. The maximum atomic E-state index is 6.28. The Morgan fingerprint density at radius 3 is 2.08 bits per heavy atom. The van der Waals surface area contributed by atoms with Crippen molar-refractivity contribution in [3.8, 4) is 0 Å². The first-order valence-corrected chi connectivity index (χ1v) is 5.35. The molecule has 0 amide bonds. The van der Waals surface area contributed by atoms with E-state index in [-0.39, 0.29) is 5.54 Å². The summed E-state index contributed by atoms with van der Waals surface area (Å²) in [4.78, 5) is 0. The van der Waals surface area contributed by atoms with E-state index in [2.05, 4.69) is 27.7 Å². The standard InChI is InChI=1S/C11H25N/c1-5-7-8-9-11(12,6-2)10(3)4/h10H,5-9,12H2,1-4H3. The maximum Gasteiger partial charge on any atom is 0.0174 e. The Balaban J connectivity index is 3.80. The van der Waals surface area contributed by atoms with Crippen LogP contribution < -0.4 is 5.73 Å². The summed E-state index contributed by atoms with van der Waals surface area (Å²) in [6.45, 7) is 8.90. The van der Waals surface area contributed by atoms with Gasteiger partial charge in [0.15, 0.2) is 0 Å². The van der Waals surface area contributed by atoms with Gasteiger partial charge in [-0.05, 0) is 18.8 Å². The number of unbranched alkanes of at least 4 members (excludes halogenated alkanes) is 2. The second-order valence-corrected chi connectivity index (χ2v) is 4.20. The molecule has 2 N–H and O–H groups in total. The largest absolute Gasteiger partial charge is 0.325 e. The van der Waals surface area contributed by atoms with Crippen LogP contribution >= 0.6 is 0 Å². The molecule has 0 saturated heterocycles. The highest BCUT2D eigenvalue weighted by atomic mass is 14.7. The molecule has 0 aromatic heterocycles. The van der Waals surface area contributed by atoms with Gasteiger partial charge in [-0.3, -0.25) is 0 Å². The minimum atomic E-state index is 0.0924. The zero-order valence-corrected chi connectivity index (χ0v) is 9.19. The third-order valence-electron chi connectivity index (χ3n) is 3.05. The Morgan fingerprint density at radius 2 is 1.75 bits per heavy atom. The second-order valence-electron chi connectivity index (χ2n) is 4.20. The Kier molecular flexibility index (Phi) is 5.56. The van der Waals surface area contributed by atoms with Gasteiger partial charge in [-0.1, -0.05) is 47.0 Å². The molecule has 0 aliphatic heterocycles. The van der Waals surface area contributed by atoms with E-state index >= 15 is 0 Å². The van der Waals surface area contributed by atoms with E-state index in [0.29, 0.717) is 5.92 Å². The van der Waals surface area contributed by atoms with Crippen molar-refractivity contribution in [1.29, 1.82) is 0 Å². The lowest BCUT2D eigenvalue weighted by Gasteiger charge is -2.32. The minimum Gasteiger partial charge on any atom is -0.325 e. The first-order valence-electron chi connectivity index (χ1n) is 5.35. The molecule has 0 aromatic carbocycles. The van der Waals surface area contributed by atoms with Gasteiger partial charge in [0.2, 0.25) is 0 Å². The quantitative estimate of drug-likeness (QED) is 0.609. The first kappa shape index (κ1) is 12.0. The predicted molar refractivity (Wildman–Crippen MR) is 56.2 cm³/mol. The van der Waals surface area contributed by atoms with Crippen LogP contribution in [0.4, 0.5) is 0 Å². The van der Waals surface area contributed by atoms with Crippen LogP contribution in [0.2, 0.25) is 0 Å². The lowest BCUT2D eigenvalue weighted by Crippen LogP contribution is -2.44. The zero-order chi connectivity index (χ0) is 9.61. The normalized spacial score (nSPS) is 16.5. The Hall–Kier alpha value is -0.0400. The van der Waals surface area contributed by atoms with Gasteiger partial charge in [0.25, 0.3) is 0 Å². The van der Waals surface area contributed by atoms with E-state index in [1.807, 2.05) is 0 Å². The van der Waals surface area contributed by atoms with Crippen LogP contribution in [-0.2, 0) is 0 Å². The van der Waals surface area contributed by atoms with Crippen molar-refractivity contribution in [3.05, 3.63) is 0 Å². The molecule has 0 aliphatic rings. The summed E-state index contributed by atoms with van der Waals surface area (Å²) in [7, 11) is 0. The van der Waals surface area contributed by atoms with E-state index in [9.17, 15) is 0 Å². The van der Waals surface area contributed by atoms with E-state index in [4.69, 9.17) is 5.73 Å². The molecule has 0 radical (unpaired) electrons. The molecule has 0 fully saturated rings. The molecule has 0 heterocycles. The van der Waals surface area contributed by atoms with Gasteiger partial charge in [0.1, 0.15) is 0 Å². The van der Waals surface area contributed by atoms with Crippen LogP contribution in [0.15, 0.2) is 0 Å². The summed E-state index contributed by atoms with van der Waals surface area (Å²) in [6.07, 6.45) is 6.20. The van der Waals surface area contributed by atoms with E-state index in [1.54, 1.807) is 0 Å². The number of hydrogen-bond donors (Lipinski definition) is 1. The molecule has 74 valence electrons. The van der Waals surface area contributed by atoms with Crippen molar-refractivity contribution < 1.29 is 0 Å². The van der Waals surface area contributed by atoms with E-state index < -0.39 is 0 Å². The highest BCUT2D eigenvalue weighted by molar-refractivity contribution is 4.85. The zero-order valence-electron chi connectivity index (χ0n) is 9.19. The Bertz CT molecular complexity index is 110. The molecule has 0 rings (SSSR count). The van der Waals surface area contributed by atoms with E-state index in [0.717, 1.165) is 6.42 Å². The topological polar surface area (TPSA) is 26.0 Å². The summed E-state index contributed by atoms with van der Waals surface area (Å²) in [5.41, 5.74) is 6.37. The van der Waals surface area contributed by atoms with Gasteiger partial charge in [-0.25, -0.2) is 0 Å². The lowest BCUT2D eigenvalue weighted by atomic mass is 9.80. The minimum absolute atomic E-state index is 0.0924. The van der Waals surface area contributed by atoms with Crippen LogP contribution in [0.3, 0.4) is 0 Å². The van der Waals surface area contributed by atoms with Crippen molar-refractivity contribution >= 4 is 0 Å². The average molecular weight is 171 g/mol. The van der Waals surface area contributed by atoms with Crippen molar-refractivity contribution in [2.45, 2.75) is 65.3 Å². The smallest absolute Gasteiger partial charge is 0.0174 e.